The van der Waals surface area contributed by atoms with Gasteiger partial charge in [-0.3, -0.25) is 0 Å². The molecule has 0 atom stereocenters. The SMILES string of the molecule is Cc1noc(NS(=O)(=O)c2ccc(C#N)cc2C)n1. The van der Waals surface area contributed by atoms with Crippen LogP contribution in [-0.4, -0.2) is 18.6 Å². The summed E-state index contributed by atoms with van der Waals surface area (Å²) in [4.78, 5) is 3.82. The quantitative estimate of drug-likeness (QED) is 0.907. The Labute approximate surface area is 109 Å². The molecule has 0 amide bonds. The Morgan fingerprint density at radius 1 is 1.37 bits per heavy atom. The van der Waals surface area contributed by atoms with Gasteiger partial charge in [0, 0.05) is 0 Å². The van der Waals surface area contributed by atoms with E-state index in [-0.39, 0.29) is 10.9 Å². The third-order valence-electron chi connectivity index (χ3n) is 2.34. The molecule has 7 nitrogen and oxygen atoms in total. The molecule has 0 aliphatic heterocycles. The van der Waals surface area contributed by atoms with Crippen molar-refractivity contribution in [2.24, 2.45) is 0 Å². The first-order chi connectivity index (χ1) is 8.92. The van der Waals surface area contributed by atoms with Crippen LogP contribution in [0.2, 0.25) is 0 Å². The van der Waals surface area contributed by atoms with Gasteiger partial charge in [0.05, 0.1) is 16.5 Å². The van der Waals surface area contributed by atoms with Gasteiger partial charge in [-0.05, 0) is 37.6 Å². The number of hydrogen-bond donors (Lipinski definition) is 1. The van der Waals surface area contributed by atoms with Crippen molar-refractivity contribution < 1.29 is 12.9 Å². The van der Waals surface area contributed by atoms with E-state index in [1.54, 1.807) is 13.8 Å². The molecule has 19 heavy (non-hydrogen) atoms. The van der Waals surface area contributed by atoms with Crippen LogP contribution in [0, 0.1) is 25.2 Å². The first-order valence-electron chi connectivity index (χ1n) is 5.26. The number of nitrogens with one attached hydrogen (secondary N) is 1. The van der Waals surface area contributed by atoms with Crippen molar-refractivity contribution >= 4 is 16.0 Å². The van der Waals surface area contributed by atoms with Crippen LogP contribution in [0.4, 0.5) is 6.01 Å². The van der Waals surface area contributed by atoms with Gasteiger partial charge in [0.2, 0.25) is 0 Å². The number of hydrogen-bond acceptors (Lipinski definition) is 6. The lowest BCUT2D eigenvalue weighted by Crippen LogP contribution is -2.14. The first-order valence-corrected chi connectivity index (χ1v) is 6.74. The number of sulfonamides is 1. The predicted octanol–water partition coefficient (Wildman–Crippen LogP) is 1.36. The lowest BCUT2D eigenvalue weighted by atomic mass is 10.2. The maximum atomic E-state index is 12.1. The molecule has 0 aliphatic rings. The normalized spacial score (nSPS) is 11.0. The van der Waals surface area contributed by atoms with E-state index in [0.29, 0.717) is 17.0 Å². The molecule has 1 aromatic carbocycles. The molecule has 1 N–H and O–H groups in total. The molecule has 0 spiro atoms. The van der Waals surface area contributed by atoms with Crippen LogP contribution in [0.1, 0.15) is 17.0 Å². The summed E-state index contributed by atoms with van der Waals surface area (Å²) in [6.45, 7) is 3.18. The van der Waals surface area contributed by atoms with E-state index in [9.17, 15) is 8.42 Å². The third-order valence-corrected chi connectivity index (χ3v) is 3.82. The minimum Gasteiger partial charge on any atom is -0.314 e. The maximum Gasteiger partial charge on any atom is 0.335 e. The Kier molecular flexibility index (Phi) is 3.23. The molecule has 0 aliphatic carbocycles. The number of nitrogens with zero attached hydrogens (tertiary/aromatic N) is 3. The van der Waals surface area contributed by atoms with E-state index >= 15 is 0 Å². The van der Waals surface area contributed by atoms with Crippen LogP contribution in [0.15, 0.2) is 27.6 Å². The molecule has 0 radical (unpaired) electrons. The van der Waals surface area contributed by atoms with E-state index in [1.807, 2.05) is 6.07 Å². The van der Waals surface area contributed by atoms with Crippen LogP contribution >= 0.6 is 0 Å². The fourth-order valence-electron chi connectivity index (χ4n) is 1.53. The lowest BCUT2D eigenvalue weighted by Gasteiger charge is -2.07. The summed E-state index contributed by atoms with van der Waals surface area (Å²) in [5.41, 5.74) is 0.855. The summed E-state index contributed by atoms with van der Waals surface area (Å²) in [7, 11) is -3.81. The summed E-state index contributed by atoms with van der Waals surface area (Å²) in [6.07, 6.45) is 0. The number of benzene rings is 1. The molecule has 0 saturated heterocycles. The van der Waals surface area contributed by atoms with Crippen molar-refractivity contribution in [1.29, 1.82) is 5.26 Å². The number of aryl methyl sites for hydroxylation is 2. The van der Waals surface area contributed by atoms with Gasteiger partial charge < -0.3 is 4.52 Å². The third kappa shape index (κ3) is 2.71. The molecular formula is C11H10N4O3S. The van der Waals surface area contributed by atoms with E-state index in [0.717, 1.165) is 0 Å². The van der Waals surface area contributed by atoms with Crippen molar-refractivity contribution in [3.05, 3.63) is 35.2 Å². The minimum absolute atomic E-state index is 0.0577. The molecule has 0 fully saturated rings. The Morgan fingerprint density at radius 3 is 2.63 bits per heavy atom. The maximum absolute atomic E-state index is 12.1. The van der Waals surface area contributed by atoms with Crippen LogP contribution in [0.5, 0.6) is 0 Å². The molecule has 2 rings (SSSR count). The van der Waals surface area contributed by atoms with Crippen molar-refractivity contribution in [3.63, 3.8) is 0 Å². The fourth-order valence-corrected chi connectivity index (χ4v) is 2.68. The number of aromatic nitrogens is 2. The molecule has 2 aromatic rings. The molecule has 1 heterocycles. The summed E-state index contributed by atoms with van der Waals surface area (Å²) >= 11 is 0. The van der Waals surface area contributed by atoms with Gasteiger partial charge in [0.25, 0.3) is 10.0 Å². The first kappa shape index (κ1) is 13.0. The Morgan fingerprint density at radius 2 is 2.11 bits per heavy atom. The van der Waals surface area contributed by atoms with Gasteiger partial charge in [-0.25, -0.2) is 13.1 Å². The fraction of sp³-hybridized carbons (Fsp3) is 0.182. The topological polar surface area (TPSA) is 109 Å². The molecular weight excluding hydrogens is 268 g/mol. The van der Waals surface area contributed by atoms with E-state index in [2.05, 4.69) is 14.9 Å². The number of anilines is 1. The van der Waals surface area contributed by atoms with Crippen LogP contribution in [-0.2, 0) is 10.0 Å². The highest BCUT2D eigenvalue weighted by Gasteiger charge is 2.19. The molecule has 8 heteroatoms. The molecule has 98 valence electrons. The highest BCUT2D eigenvalue weighted by atomic mass is 32.2. The second-order valence-corrected chi connectivity index (χ2v) is 5.50. The van der Waals surface area contributed by atoms with Gasteiger partial charge in [-0.15, -0.1) is 0 Å². The van der Waals surface area contributed by atoms with E-state index in [1.165, 1.54) is 18.2 Å². The minimum atomic E-state index is -3.81. The molecule has 0 saturated carbocycles. The van der Waals surface area contributed by atoms with Gasteiger partial charge in [0.15, 0.2) is 5.82 Å². The highest BCUT2D eigenvalue weighted by Crippen LogP contribution is 2.19. The smallest absolute Gasteiger partial charge is 0.314 e. The highest BCUT2D eigenvalue weighted by molar-refractivity contribution is 7.92. The Bertz CT molecular complexity index is 758. The predicted molar refractivity (Wildman–Crippen MR) is 65.7 cm³/mol. The van der Waals surface area contributed by atoms with Crippen LogP contribution in [0.25, 0.3) is 0 Å². The van der Waals surface area contributed by atoms with Crippen LogP contribution in [0.3, 0.4) is 0 Å². The standard InChI is InChI=1S/C11H10N4O3S/c1-7-5-9(6-12)3-4-10(7)19(16,17)15-11-13-8(2)14-18-11/h3-5H,1-2H3,(H,13,14,15). The van der Waals surface area contributed by atoms with Gasteiger partial charge in [0.1, 0.15) is 0 Å². The van der Waals surface area contributed by atoms with E-state index in [4.69, 9.17) is 9.78 Å². The van der Waals surface area contributed by atoms with Crippen molar-refractivity contribution in [2.45, 2.75) is 18.7 Å². The lowest BCUT2D eigenvalue weighted by molar-refractivity contribution is 0.429. The Hall–Kier alpha value is -2.40. The monoisotopic (exact) mass is 278 g/mol. The van der Waals surface area contributed by atoms with Gasteiger partial charge in [-0.2, -0.15) is 10.2 Å². The van der Waals surface area contributed by atoms with Crippen molar-refractivity contribution in [3.8, 4) is 6.07 Å². The molecule has 0 unspecified atom stereocenters. The summed E-state index contributed by atoms with van der Waals surface area (Å²) < 4.78 is 31.1. The van der Waals surface area contributed by atoms with Gasteiger partial charge in [-0.1, -0.05) is 5.16 Å². The molecule has 1 aromatic heterocycles. The van der Waals surface area contributed by atoms with Crippen LogP contribution < -0.4 is 4.72 Å². The van der Waals surface area contributed by atoms with E-state index < -0.39 is 10.0 Å². The average Bonchev–Trinajstić information content (AvgIpc) is 2.73. The second-order valence-electron chi connectivity index (χ2n) is 3.84. The zero-order chi connectivity index (χ0) is 14.0. The number of nitriles is 1. The zero-order valence-corrected chi connectivity index (χ0v) is 11.0. The zero-order valence-electron chi connectivity index (χ0n) is 10.2. The summed E-state index contributed by atoms with van der Waals surface area (Å²) in [6, 6.07) is 6.04. The summed E-state index contributed by atoms with van der Waals surface area (Å²) in [5.74, 6) is 0.328. The largest absolute Gasteiger partial charge is 0.335 e. The molecule has 0 bridgehead atoms. The van der Waals surface area contributed by atoms with Crippen molar-refractivity contribution in [2.75, 3.05) is 4.72 Å². The summed E-state index contributed by atoms with van der Waals surface area (Å²) in [5, 5.41) is 12.2. The van der Waals surface area contributed by atoms with Gasteiger partial charge >= 0.3 is 6.01 Å². The second kappa shape index (κ2) is 4.70. The Balaban J connectivity index is 2.37. The average molecular weight is 278 g/mol. The number of rotatable bonds is 3. The van der Waals surface area contributed by atoms with Crippen molar-refractivity contribution in [1.82, 2.24) is 10.1 Å².